The summed E-state index contributed by atoms with van der Waals surface area (Å²) < 4.78 is 23.7. The van der Waals surface area contributed by atoms with E-state index in [1.165, 1.54) is 0 Å². The summed E-state index contributed by atoms with van der Waals surface area (Å²) in [5, 5.41) is 0. The highest BCUT2D eigenvalue weighted by Gasteiger charge is 2.27. The number of hydrogen-bond acceptors (Lipinski definition) is 4. The monoisotopic (exact) mass is 436 g/mol. The number of benzene rings is 3. The molecule has 3 aromatic carbocycles. The Bertz CT molecular complexity index is 1260. The van der Waals surface area contributed by atoms with E-state index in [1.54, 1.807) is 0 Å². The number of fused-ring (bicyclic) bond motifs is 3. The summed E-state index contributed by atoms with van der Waals surface area (Å²) in [6.07, 6.45) is 6.30. The van der Waals surface area contributed by atoms with Gasteiger partial charge in [-0.25, -0.2) is 0 Å². The van der Waals surface area contributed by atoms with E-state index in [1.807, 2.05) is 75.4 Å². The molecule has 5 heteroatoms. The quantitative estimate of drug-likeness (QED) is 0.450. The zero-order valence-corrected chi connectivity index (χ0v) is 19.1. The van der Waals surface area contributed by atoms with Crippen LogP contribution in [-0.2, 0) is 6.61 Å². The van der Waals surface area contributed by atoms with Crippen molar-refractivity contribution in [2.45, 2.75) is 33.0 Å². The van der Waals surface area contributed by atoms with Gasteiger partial charge in [-0.15, -0.1) is 0 Å². The summed E-state index contributed by atoms with van der Waals surface area (Å²) >= 11 is 0. The molecule has 2 radical (unpaired) electrons. The molecule has 164 valence electrons. The number of ether oxygens (including phenoxy) is 3. The van der Waals surface area contributed by atoms with Crippen LogP contribution in [0.25, 0.3) is 17.7 Å². The lowest BCUT2D eigenvalue weighted by atomic mass is 9.94. The van der Waals surface area contributed by atoms with Crippen molar-refractivity contribution < 1.29 is 18.9 Å². The smallest absolute Gasteiger partial charge is 0.374 e. The zero-order chi connectivity index (χ0) is 23.0. The highest BCUT2D eigenvalue weighted by atomic mass is 16.5. The lowest BCUT2D eigenvalue weighted by molar-refractivity contribution is 0.158. The summed E-state index contributed by atoms with van der Waals surface area (Å²) in [5.41, 5.74) is 5.58. The third-order valence-corrected chi connectivity index (χ3v) is 5.97. The fourth-order valence-electron chi connectivity index (χ4n) is 4.23. The van der Waals surface area contributed by atoms with Gasteiger partial charge in [0.1, 0.15) is 41.8 Å². The molecule has 3 aromatic rings. The Kier molecular flexibility index (Phi) is 5.41. The first kappa shape index (κ1) is 21.3. The molecule has 0 atom stereocenters. The fraction of sp³-hybridized carbons (Fsp3) is 0.214. The highest BCUT2D eigenvalue weighted by molar-refractivity contribution is 6.00. The topological polar surface area (TPSA) is 36.9 Å². The van der Waals surface area contributed by atoms with Crippen LogP contribution in [0.1, 0.15) is 41.7 Å². The molecule has 2 heterocycles. The lowest BCUT2D eigenvalue weighted by Gasteiger charge is -2.30. The van der Waals surface area contributed by atoms with Crippen molar-refractivity contribution in [3.63, 3.8) is 0 Å². The summed E-state index contributed by atoms with van der Waals surface area (Å²) in [6, 6.07) is 17.9. The molecule has 0 spiro atoms. The van der Waals surface area contributed by atoms with Gasteiger partial charge in [-0.2, -0.15) is 0 Å². The predicted octanol–water partition coefficient (Wildman–Crippen LogP) is 6.15. The first-order valence-electron chi connectivity index (χ1n) is 11.0. The van der Waals surface area contributed by atoms with Gasteiger partial charge in [-0.1, -0.05) is 30.3 Å². The van der Waals surface area contributed by atoms with Gasteiger partial charge in [0.15, 0.2) is 0 Å². The Morgan fingerprint density at radius 2 is 1.85 bits per heavy atom. The van der Waals surface area contributed by atoms with Crippen molar-refractivity contribution in [3.05, 3.63) is 88.5 Å². The summed E-state index contributed by atoms with van der Waals surface area (Å²) in [5.74, 6) is 3.00. The maximum absolute atomic E-state index is 6.29. The minimum Gasteiger partial charge on any atom is -0.568 e. The molecule has 0 amide bonds. The third kappa shape index (κ3) is 4.11. The van der Waals surface area contributed by atoms with Gasteiger partial charge in [-0.3, -0.25) is 0 Å². The van der Waals surface area contributed by atoms with Crippen molar-refractivity contribution in [2.75, 3.05) is 6.61 Å². The molecule has 0 saturated heterocycles. The molecule has 0 aliphatic carbocycles. The Balaban J connectivity index is 1.52. The van der Waals surface area contributed by atoms with E-state index < -0.39 is 0 Å². The molecule has 2 aliphatic rings. The average Bonchev–Trinajstić information content (AvgIpc) is 2.82. The molecule has 0 saturated carbocycles. The van der Waals surface area contributed by atoms with Crippen LogP contribution in [0.4, 0.5) is 0 Å². The first-order chi connectivity index (χ1) is 15.9. The Morgan fingerprint density at radius 3 is 2.64 bits per heavy atom. The number of hydrogen-bond donors (Lipinski definition) is 0. The van der Waals surface area contributed by atoms with Gasteiger partial charge in [-0.05, 0) is 68.8 Å². The molecule has 0 bridgehead atoms. The van der Waals surface area contributed by atoms with Crippen LogP contribution in [-0.4, -0.2) is 20.3 Å². The molecule has 0 N–H and O–H groups in total. The van der Waals surface area contributed by atoms with Gasteiger partial charge < -0.3 is 18.9 Å². The van der Waals surface area contributed by atoms with E-state index in [9.17, 15) is 0 Å². The Labute approximate surface area is 195 Å². The zero-order valence-electron chi connectivity index (χ0n) is 19.1. The molecule has 2 aliphatic heterocycles. The Hall–Kier alpha value is -3.60. The largest absolute Gasteiger partial charge is 0.568 e. The van der Waals surface area contributed by atoms with Gasteiger partial charge in [0.2, 0.25) is 0 Å². The second-order valence-corrected chi connectivity index (χ2v) is 8.85. The molecule has 4 nitrogen and oxygen atoms in total. The van der Waals surface area contributed by atoms with E-state index in [2.05, 4.69) is 18.2 Å². The van der Waals surface area contributed by atoms with E-state index in [-0.39, 0.29) is 5.60 Å². The Morgan fingerprint density at radius 1 is 1.03 bits per heavy atom. The lowest BCUT2D eigenvalue weighted by Crippen LogP contribution is -2.27. The predicted molar refractivity (Wildman–Crippen MR) is 132 cm³/mol. The second kappa shape index (κ2) is 8.40. The molecule has 5 rings (SSSR count). The van der Waals surface area contributed by atoms with Gasteiger partial charge >= 0.3 is 8.05 Å². The normalized spacial score (nSPS) is 15.4. The van der Waals surface area contributed by atoms with Crippen LogP contribution in [0.2, 0.25) is 0 Å². The molecular formula is C28H25BO4. The van der Waals surface area contributed by atoms with Crippen LogP contribution in [0.15, 0.2) is 60.7 Å². The maximum Gasteiger partial charge on any atom is 0.374 e. The maximum atomic E-state index is 6.29. The van der Waals surface area contributed by atoms with Gasteiger partial charge in [0, 0.05) is 22.3 Å². The summed E-state index contributed by atoms with van der Waals surface area (Å²) in [4.78, 5) is 0. The van der Waals surface area contributed by atoms with Crippen LogP contribution < -0.4 is 18.9 Å². The minimum absolute atomic E-state index is 0.327. The van der Waals surface area contributed by atoms with Gasteiger partial charge in [0.25, 0.3) is 0 Å². The average molecular weight is 436 g/mol. The summed E-state index contributed by atoms with van der Waals surface area (Å²) in [6.45, 7) is 6.89. The SMILES string of the molecule is [B]Oc1ccc(C2=Cc3ccc4c(c3OC2)C=CC(C)(C)O4)c(OCc2ccccc2)c1C. The molecular weight excluding hydrogens is 411 g/mol. The summed E-state index contributed by atoms with van der Waals surface area (Å²) in [7, 11) is 5.49. The van der Waals surface area contributed by atoms with Crippen LogP contribution in [0, 0.1) is 6.92 Å². The van der Waals surface area contributed by atoms with Crippen LogP contribution >= 0.6 is 0 Å². The third-order valence-electron chi connectivity index (χ3n) is 5.97. The number of rotatable bonds is 5. The first-order valence-corrected chi connectivity index (χ1v) is 11.0. The molecule has 33 heavy (non-hydrogen) atoms. The molecule has 0 fully saturated rings. The van der Waals surface area contributed by atoms with E-state index >= 15 is 0 Å². The van der Waals surface area contributed by atoms with Crippen molar-refractivity contribution in [3.8, 4) is 23.0 Å². The van der Waals surface area contributed by atoms with Crippen molar-refractivity contribution >= 4 is 25.8 Å². The highest BCUT2D eigenvalue weighted by Crippen LogP contribution is 2.44. The van der Waals surface area contributed by atoms with E-state index in [0.717, 1.165) is 50.6 Å². The van der Waals surface area contributed by atoms with E-state index in [4.69, 9.17) is 26.9 Å². The van der Waals surface area contributed by atoms with Crippen molar-refractivity contribution in [1.82, 2.24) is 0 Å². The van der Waals surface area contributed by atoms with Gasteiger partial charge in [0.05, 0.1) is 5.56 Å². The fourth-order valence-corrected chi connectivity index (χ4v) is 4.23. The van der Waals surface area contributed by atoms with Crippen molar-refractivity contribution in [2.24, 2.45) is 0 Å². The van der Waals surface area contributed by atoms with Crippen LogP contribution in [0.5, 0.6) is 23.0 Å². The standard InChI is InChI=1S/C28H25BO4/c1-18-24(33-29)12-10-22(26(18)30-16-19-7-5-4-6-8-19)21-15-20-9-11-25-23(27(20)31-17-21)13-14-28(2,3)32-25/h4-15H,16-17H2,1-3H3. The molecule has 0 aromatic heterocycles. The second-order valence-electron chi connectivity index (χ2n) is 8.85. The van der Waals surface area contributed by atoms with Crippen molar-refractivity contribution in [1.29, 1.82) is 0 Å². The van der Waals surface area contributed by atoms with Crippen LogP contribution in [0.3, 0.4) is 0 Å². The minimum atomic E-state index is -0.327. The van der Waals surface area contributed by atoms with E-state index in [0.29, 0.717) is 19.0 Å². The molecule has 0 unspecified atom stereocenters.